The number of benzene rings is 1. The van der Waals surface area contributed by atoms with Gasteiger partial charge in [-0.2, -0.15) is 0 Å². The lowest BCUT2D eigenvalue weighted by Crippen LogP contribution is -2.42. The molecule has 0 spiro atoms. The van der Waals surface area contributed by atoms with Crippen molar-refractivity contribution in [1.29, 1.82) is 0 Å². The monoisotopic (exact) mass is 294 g/mol. The van der Waals surface area contributed by atoms with Crippen molar-refractivity contribution in [3.63, 3.8) is 0 Å². The Morgan fingerprint density at radius 1 is 1.26 bits per heavy atom. The van der Waals surface area contributed by atoms with Gasteiger partial charge >= 0.3 is 0 Å². The first-order valence-corrected chi connectivity index (χ1v) is 7.81. The molecule has 4 heteroatoms. The van der Waals surface area contributed by atoms with Gasteiger partial charge in [0.05, 0.1) is 10.7 Å². The zero-order chi connectivity index (χ0) is 13.4. The standard InChI is InChI=1S/C15H19ClN2S/c16-12-9-11(15(17)19)6-7-14(12)18-8-2-4-10-3-1-5-13(10)18/h6-7,9-10,13H,1-5,8H2,(H2,17,19). The summed E-state index contributed by atoms with van der Waals surface area (Å²) in [6, 6.07) is 6.65. The van der Waals surface area contributed by atoms with E-state index in [1.807, 2.05) is 12.1 Å². The average molecular weight is 295 g/mol. The van der Waals surface area contributed by atoms with Crippen molar-refractivity contribution < 1.29 is 0 Å². The van der Waals surface area contributed by atoms with Gasteiger partial charge in [-0.05, 0) is 49.8 Å². The molecule has 19 heavy (non-hydrogen) atoms. The molecule has 102 valence electrons. The van der Waals surface area contributed by atoms with Gasteiger partial charge in [-0.1, -0.05) is 30.2 Å². The fourth-order valence-electron chi connectivity index (χ4n) is 3.65. The molecule has 2 atom stereocenters. The van der Waals surface area contributed by atoms with Crippen molar-refractivity contribution >= 4 is 34.5 Å². The number of nitrogens with two attached hydrogens (primary N) is 1. The van der Waals surface area contributed by atoms with E-state index in [0.29, 0.717) is 11.0 Å². The lowest BCUT2D eigenvalue weighted by atomic mass is 9.91. The van der Waals surface area contributed by atoms with Crippen LogP contribution >= 0.6 is 23.8 Å². The highest BCUT2D eigenvalue weighted by atomic mass is 35.5. The van der Waals surface area contributed by atoms with Crippen molar-refractivity contribution in [2.45, 2.75) is 38.1 Å². The number of halogens is 1. The minimum atomic E-state index is 0.408. The number of nitrogens with zero attached hydrogens (tertiary/aromatic N) is 1. The molecule has 2 N–H and O–H groups in total. The van der Waals surface area contributed by atoms with Gasteiger partial charge in [0.25, 0.3) is 0 Å². The quantitative estimate of drug-likeness (QED) is 0.843. The van der Waals surface area contributed by atoms with E-state index >= 15 is 0 Å². The van der Waals surface area contributed by atoms with Gasteiger partial charge < -0.3 is 10.6 Å². The fourth-order valence-corrected chi connectivity index (χ4v) is 4.06. The summed E-state index contributed by atoms with van der Waals surface area (Å²) in [6.45, 7) is 1.12. The maximum atomic E-state index is 6.44. The number of rotatable bonds is 2. The molecular formula is C15H19ClN2S. The maximum Gasteiger partial charge on any atom is 0.104 e. The Hall–Kier alpha value is -0.800. The van der Waals surface area contributed by atoms with Gasteiger partial charge in [0.15, 0.2) is 0 Å². The summed E-state index contributed by atoms with van der Waals surface area (Å²) in [7, 11) is 0. The number of anilines is 1. The Kier molecular flexibility index (Phi) is 3.68. The van der Waals surface area contributed by atoms with Crippen molar-refractivity contribution in [3.8, 4) is 0 Å². The predicted octanol–water partition coefficient (Wildman–Crippen LogP) is 3.74. The number of hydrogen-bond donors (Lipinski definition) is 1. The van der Waals surface area contributed by atoms with E-state index in [-0.39, 0.29) is 0 Å². The lowest BCUT2D eigenvalue weighted by molar-refractivity contribution is 0.362. The van der Waals surface area contributed by atoms with Gasteiger partial charge in [0.1, 0.15) is 4.99 Å². The normalized spacial score (nSPS) is 26.3. The number of hydrogen-bond acceptors (Lipinski definition) is 2. The predicted molar refractivity (Wildman–Crippen MR) is 85.0 cm³/mol. The average Bonchev–Trinajstić information content (AvgIpc) is 2.86. The first-order valence-electron chi connectivity index (χ1n) is 7.03. The Bertz CT molecular complexity index is 503. The molecule has 0 amide bonds. The summed E-state index contributed by atoms with van der Waals surface area (Å²) in [5, 5.41) is 0.776. The molecule has 0 aromatic heterocycles. The van der Waals surface area contributed by atoms with Crippen molar-refractivity contribution in [3.05, 3.63) is 28.8 Å². The first kappa shape index (κ1) is 13.2. The third-order valence-electron chi connectivity index (χ3n) is 4.53. The van der Waals surface area contributed by atoms with E-state index in [9.17, 15) is 0 Å². The second-order valence-electron chi connectivity index (χ2n) is 5.62. The van der Waals surface area contributed by atoms with Crippen LogP contribution in [0.25, 0.3) is 0 Å². The molecule has 2 fully saturated rings. The van der Waals surface area contributed by atoms with Crippen LogP contribution in [-0.2, 0) is 0 Å². The zero-order valence-electron chi connectivity index (χ0n) is 10.9. The molecule has 1 saturated heterocycles. The van der Waals surface area contributed by atoms with Crippen LogP contribution in [0, 0.1) is 5.92 Å². The minimum Gasteiger partial charge on any atom is -0.389 e. The van der Waals surface area contributed by atoms with Gasteiger partial charge in [-0.15, -0.1) is 0 Å². The first-order chi connectivity index (χ1) is 9.16. The van der Waals surface area contributed by atoms with Crippen LogP contribution in [0.4, 0.5) is 5.69 Å². The van der Waals surface area contributed by atoms with Gasteiger partial charge in [0.2, 0.25) is 0 Å². The summed E-state index contributed by atoms with van der Waals surface area (Å²) < 4.78 is 0. The van der Waals surface area contributed by atoms with E-state index < -0.39 is 0 Å². The Labute approximate surface area is 124 Å². The van der Waals surface area contributed by atoms with Gasteiger partial charge in [-0.25, -0.2) is 0 Å². The van der Waals surface area contributed by atoms with Crippen LogP contribution in [-0.4, -0.2) is 17.6 Å². The molecule has 2 unspecified atom stereocenters. The SMILES string of the molecule is NC(=S)c1ccc(N2CCCC3CCCC32)c(Cl)c1. The molecule has 1 aliphatic heterocycles. The molecule has 1 heterocycles. The summed E-state index contributed by atoms with van der Waals surface area (Å²) in [6.07, 6.45) is 6.69. The van der Waals surface area contributed by atoms with Crippen LogP contribution < -0.4 is 10.6 Å². The van der Waals surface area contributed by atoms with Crippen LogP contribution in [0.2, 0.25) is 5.02 Å². The van der Waals surface area contributed by atoms with E-state index in [2.05, 4.69) is 11.0 Å². The van der Waals surface area contributed by atoms with Crippen molar-refractivity contribution in [1.82, 2.24) is 0 Å². The minimum absolute atomic E-state index is 0.408. The third kappa shape index (κ3) is 2.46. The largest absolute Gasteiger partial charge is 0.389 e. The topological polar surface area (TPSA) is 29.3 Å². The summed E-state index contributed by atoms with van der Waals surface area (Å²) in [5.41, 5.74) is 7.66. The van der Waals surface area contributed by atoms with Crippen molar-refractivity contribution in [2.75, 3.05) is 11.4 Å². The smallest absolute Gasteiger partial charge is 0.104 e. The van der Waals surface area contributed by atoms with Crippen molar-refractivity contribution in [2.24, 2.45) is 11.7 Å². The molecule has 1 aromatic rings. The Balaban J connectivity index is 1.90. The Morgan fingerprint density at radius 3 is 2.79 bits per heavy atom. The van der Waals surface area contributed by atoms with E-state index in [1.54, 1.807) is 0 Å². The van der Waals surface area contributed by atoms with Gasteiger partial charge in [0, 0.05) is 18.2 Å². The summed E-state index contributed by atoms with van der Waals surface area (Å²) >= 11 is 11.4. The number of thiocarbonyl (C=S) groups is 1. The maximum absolute atomic E-state index is 6.44. The van der Waals surface area contributed by atoms with Crippen LogP contribution in [0.1, 0.15) is 37.7 Å². The molecule has 0 bridgehead atoms. The molecule has 2 nitrogen and oxygen atoms in total. The third-order valence-corrected chi connectivity index (χ3v) is 5.07. The highest BCUT2D eigenvalue weighted by Gasteiger charge is 2.35. The summed E-state index contributed by atoms with van der Waals surface area (Å²) in [5.74, 6) is 0.861. The zero-order valence-corrected chi connectivity index (χ0v) is 12.5. The second-order valence-corrected chi connectivity index (χ2v) is 6.47. The highest BCUT2D eigenvalue weighted by Crippen LogP contribution is 2.41. The molecule has 1 aromatic carbocycles. The summed E-state index contributed by atoms with van der Waals surface area (Å²) in [4.78, 5) is 2.91. The molecule has 2 aliphatic rings. The van der Waals surface area contributed by atoms with Crippen LogP contribution in [0.15, 0.2) is 18.2 Å². The van der Waals surface area contributed by atoms with Gasteiger partial charge in [-0.3, -0.25) is 0 Å². The lowest BCUT2D eigenvalue weighted by Gasteiger charge is -2.40. The molecule has 0 radical (unpaired) electrons. The molecule has 1 saturated carbocycles. The number of fused-ring (bicyclic) bond motifs is 1. The van der Waals surface area contributed by atoms with E-state index in [1.165, 1.54) is 32.1 Å². The number of piperidine rings is 1. The second kappa shape index (κ2) is 5.29. The van der Waals surface area contributed by atoms with Crippen LogP contribution in [0.3, 0.4) is 0 Å². The fraction of sp³-hybridized carbons (Fsp3) is 0.533. The van der Waals surface area contributed by atoms with E-state index in [4.69, 9.17) is 29.6 Å². The highest BCUT2D eigenvalue weighted by molar-refractivity contribution is 7.80. The molecular weight excluding hydrogens is 276 g/mol. The molecule has 3 rings (SSSR count). The molecule has 1 aliphatic carbocycles. The Morgan fingerprint density at radius 2 is 2.05 bits per heavy atom. The van der Waals surface area contributed by atoms with Crippen LogP contribution in [0.5, 0.6) is 0 Å². The van der Waals surface area contributed by atoms with E-state index in [0.717, 1.165) is 28.7 Å².